The van der Waals surface area contributed by atoms with Gasteiger partial charge in [-0.1, -0.05) is 31.4 Å². The zero-order valence-corrected chi connectivity index (χ0v) is 15.2. The van der Waals surface area contributed by atoms with E-state index in [0.29, 0.717) is 19.4 Å². The summed E-state index contributed by atoms with van der Waals surface area (Å²) in [5.41, 5.74) is 1.29. The van der Waals surface area contributed by atoms with Crippen molar-refractivity contribution in [2.75, 3.05) is 10.0 Å². The molecule has 1 saturated carbocycles. The Morgan fingerprint density at radius 1 is 1.00 bits per heavy atom. The van der Waals surface area contributed by atoms with Crippen LogP contribution in [0.15, 0.2) is 42.5 Å². The SMILES string of the molecule is O=S(=O)(Nc1ccc(NCc2ccc(F)cc2)c(F)c1)C1CCCCC1.[HH].[HH]. The summed E-state index contributed by atoms with van der Waals surface area (Å²) in [6.45, 7) is 0.338. The largest absolute Gasteiger partial charge is 0.379 e. The van der Waals surface area contributed by atoms with Gasteiger partial charge < -0.3 is 5.32 Å². The molecular formula is C19H26F2N2O2S. The Morgan fingerprint density at radius 3 is 2.35 bits per heavy atom. The molecule has 144 valence electrons. The summed E-state index contributed by atoms with van der Waals surface area (Å²) in [5.74, 6) is -0.870. The number of hydrogen-bond donors (Lipinski definition) is 2. The molecule has 2 aromatic rings. The lowest BCUT2D eigenvalue weighted by Gasteiger charge is -2.22. The van der Waals surface area contributed by atoms with E-state index >= 15 is 0 Å². The fourth-order valence-electron chi connectivity index (χ4n) is 3.14. The first-order chi connectivity index (χ1) is 12.4. The van der Waals surface area contributed by atoms with Crippen molar-refractivity contribution in [3.8, 4) is 0 Å². The number of nitrogens with one attached hydrogen (secondary N) is 2. The van der Waals surface area contributed by atoms with Crippen molar-refractivity contribution in [1.82, 2.24) is 0 Å². The first-order valence-corrected chi connectivity index (χ1v) is 10.3. The van der Waals surface area contributed by atoms with Gasteiger partial charge >= 0.3 is 0 Å². The molecule has 0 saturated heterocycles. The van der Waals surface area contributed by atoms with Gasteiger partial charge in [0.05, 0.1) is 16.6 Å². The van der Waals surface area contributed by atoms with Crippen molar-refractivity contribution in [3.63, 3.8) is 0 Å². The molecule has 0 aromatic heterocycles. The second kappa shape index (κ2) is 8.03. The maximum absolute atomic E-state index is 14.3. The molecule has 4 nitrogen and oxygen atoms in total. The van der Waals surface area contributed by atoms with Gasteiger partial charge in [-0.15, -0.1) is 0 Å². The predicted octanol–water partition coefficient (Wildman–Crippen LogP) is 5.14. The summed E-state index contributed by atoms with van der Waals surface area (Å²) < 4.78 is 54.5. The normalized spacial score (nSPS) is 15.6. The molecule has 0 heterocycles. The third-order valence-corrected chi connectivity index (χ3v) is 6.49. The summed E-state index contributed by atoms with van der Waals surface area (Å²) in [6, 6.07) is 10.1. The molecule has 1 aliphatic rings. The molecule has 2 N–H and O–H groups in total. The first-order valence-electron chi connectivity index (χ1n) is 8.73. The van der Waals surface area contributed by atoms with E-state index in [2.05, 4.69) is 10.0 Å². The van der Waals surface area contributed by atoms with E-state index in [4.69, 9.17) is 0 Å². The molecule has 0 atom stereocenters. The van der Waals surface area contributed by atoms with E-state index in [1.807, 2.05) is 0 Å². The average molecular weight is 384 g/mol. The molecule has 1 fully saturated rings. The minimum atomic E-state index is -3.50. The highest BCUT2D eigenvalue weighted by Crippen LogP contribution is 2.26. The highest BCUT2D eigenvalue weighted by molar-refractivity contribution is 7.93. The summed E-state index contributed by atoms with van der Waals surface area (Å²) in [7, 11) is -3.50. The topological polar surface area (TPSA) is 58.2 Å². The van der Waals surface area contributed by atoms with Gasteiger partial charge in [-0.25, -0.2) is 17.2 Å². The standard InChI is InChI=1S/C19H22F2N2O2S.2H2/c20-15-8-6-14(7-9-15)13-22-19-11-10-16(12-18(19)21)23-26(24,25)17-4-2-1-3-5-17;;/h6-12,17,22-23H,1-5,13H2;2*1H. The molecule has 0 aliphatic heterocycles. The predicted molar refractivity (Wildman–Crippen MR) is 104 cm³/mol. The molecule has 7 heteroatoms. The molecule has 0 spiro atoms. The Balaban J connectivity index is 0.00000196. The monoisotopic (exact) mass is 384 g/mol. The third-order valence-electron chi connectivity index (χ3n) is 4.62. The minimum Gasteiger partial charge on any atom is -0.379 e. The average Bonchev–Trinajstić information content (AvgIpc) is 2.63. The van der Waals surface area contributed by atoms with Gasteiger partial charge in [0.1, 0.15) is 11.6 Å². The van der Waals surface area contributed by atoms with Crippen molar-refractivity contribution >= 4 is 21.4 Å². The molecule has 26 heavy (non-hydrogen) atoms. The maximum atomic E-state index is 14.3. The Hall–Kier alpha value is -2.15. The molecule has 0 radical (unpaired) electrons. The molecule has 0 bridgehead atoms. The van der Waals surface area contributed by atoms with Crippen molar-refractivity contribution < 1.29 is 20.1 Å². The zero-order valence-electron chi connectivity index (χ0n) is 14.3. The molecule has 0 amide bonds. The maximum Gasteiger partial charge on any atom is 0.235 e. The fourth-order valence-corrected chi connectivity index (χ4v) is 4.72. The van der Waals surface area contributed by atoms with Crippen LogP contribution < -0.4 is 10.0 Å². The molecule has 2 aromatic carbocycles. The van der Waals surface area contributed by atoms with E-state index in [1.54, 1.807) is 12.1 Å². The van der Waals surface area contributed by atoms with E-state index in [9.17, 15) is 17.2 Å². The second-order valence-electron chi connectivity index (χ2n) is 6.58. The van der Waals surface area contributed by atoms with Crippen molar-refractivity contribution in [1.29, 1.82) is 0 Å². The molecule has 0 unspecified atom stereocenters. The van der Waals surface area contributed by atoms with Crippen molar-refractivity contribution in [2.45, 2.75) is 43.9 Å². The van der Waals surface area contributed by atoms with Gasteiger partial charge in [-0.3, -0.25) is 4.72 Å². The third kappa shape index (κ3) is 4.72. The van der Waals surface area contributed by atoms with Crippen LogP contribution in [0.2, 0.25) is 0 Å². The van der Waals surface area contributed by atoms with E-state index in [0.717, 1.165) is 24.8 Å². The summed E-state index contributed by atoms with van der Waals surface area (Å²) in [4.78, 5) is 0. The number of sulfonamides is 1. The highest BCUT2D eigenvalue weighted by atomic mass is 32.2. The number of benzene rings is 2. The lowest BCUT2D eigenvalue weighted by molar-refractivity contribution is 0.486. The summed E-state index contributed by atoms with van der Waals surface area (Å²) in [6.07, 6.45) is 4.18. The Kier molecular flexibility index (Phi) is 5.76. The van der Waals surface area contributed by atoms with Gasteiger partial charge in [0.2, 0.25) is 10.0 Å². The quantitative estimate of drug-likeness (QED) is 0.725. The Morgan fingerprint density at radius 2 is 1.69 bits per heavy atom. The summed E-state index contributed by atoms with van der Waals surface area (Å²) >= 11 is 0. The van der Waals surface area contributed by atoms with Crippen LogP contribution in [-0.4, -0.2) is 13.7 Å². The van der Waals surface area contributed by atoms with Crippen LogP contribution >= 0.6 is 0 Å². The fraction of sp³-hybridized carbons (Fsp3) is 0.368. The lowest BCUT2D eigenvalue weighted by Crippen LogP contribution is -2.29. The van der Waals surface area contributed by atoms with Crippen molar-refractivity contribution in [2.24, 2.45) is 0 Å². The second-order valence-corrected chi connectivity index (χ2v) is 8.54. The van der Waals surface area contributed by atoms with Crippen LogP contribution in [0.4, 0.5) is 20.2 Å². The number of halogens is 2. The number of rotatable bonds is 6. The lowest BCUT2D eigenvalue weighted by atomic mass is 10.0. The molecule has 3 rings (SSSR count). The van der Waals surface area contributed by atoms with Crippen LogP contribution in [0.1, 0.15) is 40.5 Å². The number of anilines is 2. The Bertz CT molecular complexity index is 859. The van der Waals surface area contributed by atoms with E-state index < -0.39 is 21.1 Å². The van der Waals surface area contributed by atoms with Crippen LogP contribution in [0, 0.1) is 11.6 Å². The highest BCUT2D eigenvalue weighted by Gasteiger charge is 2.27. The van der Waals surface area contributed by atoms with Crippen LogP contribution in [0.25, 0.3) is 0 Å². The Labute approximate surface area is 155 Å². The smallest absolute Gasteiger partial charge is 0.235 e. The van der Waals surface area contributed by atoms with Gasteiger partial charge in [0, 0.05) is 15.5 Å². The van der Waals surface area contributed by atoms with E-state index in [1.165, 1.54) is 30.3 Å². The van der Waals surface area contributed by atoms with E-state index in [-0.39, 0.29) is 20.0 Å². The van der Waals surface area contributed by atoms with Crippen molar-refractivity contribution in [3.05, 3.63) is 59.7 Å². The minimum absolute atomic E-state index is 0. The van der Waals surface area contributed by atoms with Gasteiger partial charge in [-0.05, 0) is 42.7 Å². The molecular weight excluding hydrogens is 358 g/mol. The number of hydrogen-bond acceptors (Lipinski definition) is 3. The van der Waals surface area contributed by atoms with Crippen LogP contribution in [0.3, 0.4) is 0 Å². The summed E-state index contributed by atoms with van der Waals surface area (Å²) in [5, 5.41) is 2.52. The van der Waals surface area contributed by atoms with Crippen LogP contribution in [-0.2, 0) is 16.6 Å². The van der Waals surface area contributed by atoms with Gasteiger partial charge in [0.15, 0.2) is 0 Å². The van der Waals surface area contributed by atoms with Gasteiger partial charge in [0.25, 0.3) is 0 Å². The molecule has 1 aliphatic carbocycles. The van der Waals surface area contributed by atoms with Crippen LogP contribution in [0.5, 0.6) is 0 Å². The zero-order chi connectivity index (χ0) is 18.6. The first kappa shape index (κ1) is 18.6. The van der Waals surface area contributed by atoms with Gasteiger partial charge in [-0.2, -0.15) is 0 Å².